The molecule has 1 aromatic rings. The van der Waals surface area contributed by atoms with Crippen LogP contribution in [-0.2, 0) is 11.3 Å². The lowest BCUT2D eigenvalue weighted by molar-refractivity contribution is 0.129. The fraction of sp³-hybridized carbons (Fsp3) is 0.667. The fourth-order valence-electron chi connectivity index (χ4n) is 2.09. The van der Waals surface area contributed by atoms with E-state index in [1.54, 1.807) is 0 Å². The zero-order valence-corrected chi connectivity index (χ0v) is 15.5. The highest BCUT2D eigenvalue weighted by Crippen LogP contribution is 2.28. The summed E-state index contributed by atoms with van der Waals surface area (Å²) in [6, 6.07) is 6.12. The highest BCUT2D eigenvalue weighted by Gasteiger charge is 2.05. The molecule has 1 rings (SSSR count). The van der Waals surface area contributed by atoms with Crippen LogP contribution in [0.2, 0.25) is 0 Å². The Morgan fingerprint density at radius 2 is 1.61 bits per heavy atom. The number of hydrogen-bond donors (Lipinski definition) is 1. The van der Waals surface area contributed by atoms with Crippen LogP contribution in [0, 0.1) is 0 Å². The molecule has 0 aromatic heterocycles. The van der Waals surface area contributed by atoms with Gasteiger partial charge in [0.25, 0.3) is 0 Å². The Labute approximate surface area is 147 Å². The van der Waals surface area contributed by atoms with E-state index in [-0.39, 0.29) is 12.4 Å². The first-order valence-electron chi connectivity index (χ1n) is 8.48. The Morgan fingerprint density at radius 1 is 0.913 bits per heavy atom. The second kappa shape index (κ2) is 14.6. The van der Waals surface area contributed by atoms with Crippen molar-refractivity contribution in [1.82, 2.24) is 5.32 Å². The Bertz CT molecular complexity index is 402. The quantitative estimate of drug-likeness (QED) is 0.544. The molecule has 0 bridgehead atoms. The molecule has 0 saturated heterocycles. The van der Waals surface area contributed by atoms with Gasteiger partial charge in [0.15, 0.2) is 11.5 Å². The molecule has 0 aliphatic rings. The summed E-state index contributed by atoms with van der Waals surface area (Å²) in [5.41, 5.74) is 1.21. The number of benzene rings is 1. The SMILES string of the molecule is CCCCOCCCNCc1ccc(OCC)c(OCC)c1.Cl. The van der Waals surface area contributed by atoms with Gasteiger partial charge in [0.1, 0.15) is 0 Å². The van der Waals surface area contributed by atoms with Gasteiger partial charge in [-0.3, -0.25) is 0 Å². The Morgan fingerprint density at radius 3 is 2.30 bits per heavy atom. The van der Waals surface area contributed by atoms with Crippen LogP contribution in [0.25, 0.3) is 0 Å². The molecule has 4 nitrogen and oxygen atoms in total. The van der Waals surface area contributed by atoms with Gasteiger partial charge in [0, 0.05) is 19.8 Å². The molecule has 134 valence electrons. The first-order chi connectivity index (χ1) is 10.8. The standard InChI is InChI=1S/C18H31NO3.ClH/c1-4-7-12-20-13-8-11-19-15-16-9-10-17(21-5-2)18(14-16)22-6-3;/h9-10,14,19H,4-8,11-13,15H2,1-3H3;1H. The summed E-state index contributed by atoms with van der Waals surface area (Å²) in [6.07, 6.45) is 3.39. The van der Waals surface area contributed by atoms with Gasteiger partial charge in [-0.2, -0.15) is 0 Å². The maximum Gasteiger partial charge on any atom is 0.161 e. The lowest BCUT2D eigenvalue weighted by Crippen LogP contribution is -2.16. The second-order valence-electron chi connectivity index (χ2n) is 5.14. The van der Waals surface area contributed by atoms with Crippen LogP contribution in [0.15, 0.2) is 18.2 Å². The van der Waals surface area contributed by atoms with Crippen LogP contribution >= 0.6 is 12.4 Å². The highest BCUT2D eigenvalue weighted by atomic mass is 35.5. The van der Waals surface area contributed by atoms with Gasteiger partial charge in [-0.15, -0.1) is 12.4 Å². The fourth-order valence-corrected chi connectivity index (χ4v) is 2.09. The van der Waals surface area contributed by atoms with Crippen LogP contribution in [0.5, 0.6) is 11.5 Å². The van der Waals surface area contributed by atoms with Crippen LogP contribution < -0.4 is 14.8 Å². The van der Waals surface area contributed by atoms with Crippen molar-refractivity contribution in [3.63, 3.8) is 0 Å². The number of nitrogens with one attached hydrogen (secondary N) is 1. The zero-order chi connectivity index (χ0) is 16.0. The third kappa shape index (κ3) is 9.69. The molecule has 0 spiro atoms. The van der Waals surface area contributed by atoms with Crippen LogP contribution in [0.1, 0.15) is 45.6 Å². The average molecular weight is 346 g/mol. The van der Waals surface area contributed by atoms with E-state index >= 15 is 0 Å². The first-order valence-corrected chi connectivity index (χ1v) is 8.48. The minimum Gasteiger partial charge on any atom is -0.490 e. The van der Waals surface area contributed by atoms with Crippen molar-refractivity contribution in [3.05, 3.63) is 23.8 Å². The molecule has 0 heterocycles. The number of rotatable bonds is 13. The molecule has 0 unspecified atom stereocenters. The van der Waals surface area contributed by atoms with E-state index in [4.69, 9.17) is 14.2 Å². The summed E-state index contributed by atoms with van der Waals surface area (Å²) < 4.78 is 16.8. The number of ether oxygens (including phenoxy) is 3. The number of hydrogen-bond acceptors (Lipinski definition) is 4. The van der Waals surface area contributed by atoms with E-state index in [0.717, 1.165) is 50.6 Å². The monoisotopic (exact) mass is 345 g/mol. The zero-order valence-electron chi connectivity index (χ0n) is 14.7. The summed E-state index contributed by atoms with van der Waals surface area (Å²) in [5, 5.41) is 3.44. The smallest absolute Gasteiger partial charge is 0.161 e. The summed E-state index contributed by atoms with van der Waals surface area (Å²) in [6.45, 7) is 10.9. The van der Waals surface area contributed by atoms with Crippen molar-refractivity contribution in [3.8, 4) is 11.5 Å². The van der Waals surface area contributed by atoms with Crippen LogP contribution in [-0.4, -0.2) is 33.0 Å². The molecule has 0 aliphatic carbocycles. The summed E-state index contributed by atoms with van der Waals surface area (Å²) in [7, 11) is 0. The van der Waals surface area contributed by atoms with Crippen molar-refractivity contribution in [2.24, 2.45) is 0 Å². The Hall–Kier alpha value is -0.970. The van der Waals surface area contributed by atoms with E-state index in [1.807, 2.05) is 19.9 Å². The highest BCUT2D eigenvalue weighted by molar-refractivity contribution is 5.85. The number of halogens is 1. The minimum absolute atomic E-state index is 0. The second-order valence-corrected chi connectivity index (χ2v) is 5.14. The topological polar surface area (TPSA) is 39.7 Å². The van der Waals surface area contributed by atoms with Gasteiger partial charge in [-0.25, -0.2) is 0 Å². The molecular formula is C18H32ClNO3. The normalized spacial score (nSPS) is 10.2. The van der Waals surface area contributed by atoms with Crippen molar-refractivity contribution < 1.29 is 14.2 Å². The third-order valence-electron chi connectivity index (χ3n) is 3.22. The molecule has 5 heteroatoms. The molecule has 0 amide bonds. The van der Waals surface area contributed by atoms with Crippen LogP contribution in [0.3, 0.4) is 0 Å². The van der Waals surface area contributed by atoms with E-state index in [2.05, 4.69) is 24.4 Å². The lowest BCUT2D eigenvalue weighted by atomic mass is 10.2. The van der Waals surface area contributed by atoms with Crippen LogP contribution in [0.4, 0.5) is 0 Å². The maximum absolute atomic E-state index is 5.64. The van der Waals surface area contributed by atoms with E-state index in [9.17, 15) is 0 Å². The molecule has 0 atom stereocenters. The molecular weight excluding hydrogens is 314 g/mol. The van der Waals surface area contributed by atoms with Crippen molar-refractivity contribution >= 4 is 12.4 Å². The first kappa shape index (κ1) is 22.0. The Kier molecular flexibility index (Phi) is 14.0. The maximum atomic E-state index is 5.64. The predicted octanol–water partition coefficient (Wildman–Crippen LogP) is 4.20. The van der Waals surface area contributed by atoms with Gasteiger partial charge < -0.3 is 19.5 Å². The Balaban J connectivity index is 0.00000484. The van der Waals surface area contributed by atoms with E-state index in [0.29, 0.717) is 13.2 Å². The summed E-state index contributed by atoms with van der Waals surface area (Å²) >= 11 is 0. The van der Waals surface area contributed by atoms with E-state index in [1.165, 1.54) is 12.0 Å². The molecule has 1 aromatic carbocycles. The van der Waals surface area contributed by atoms with Crippen molar-refractivity contribution in [2.45, 2.75) is 46.6 Å². The summed E-state index contributed by atoms with van der Waals surface area (Å²) in [5.74, 6) is 1.64. The third-order valence-corrected chi connectivity index (χ3v) is 3.22. The van der Waals surface area contributed by atoms with Crippen molar-refractivity contribution in [1.29, 1.82) is 0 Å². The van der Waals surface area contributed by atoms with Gasteiger partial charge in [0.05, 0.1) is 13.2 Å². The van der Waals surface area contributed by atoms with Gasteiger partial charge in [-0.05, 0) is 50.9 Å². The molecule has 1 N–H and O–H groups in total. The lowest BCUT2D eigenvalue weighted by Gasteiger charge is -2.13. The van der Waals surface area contributed by atoms with E-state index < -0.39 is 0 Å². The summed E-state index contributed by atoms with van der Waals surface area (Å²) in [4.78, 5) is 0. The predicted molar refractivity (Wildman–Crippen MR) is 98.1 cm³/mol. The molecule has 0 saturated carbocycles. The largest absolute Gasteiger partial charge is 0.490 e. The van der Waals surface area contributed by atoms with Gasteiger partial charge in [-0.1, -0.05) is 19.4 Å². The van der Waals surface area contributed by atoms with Gasteiger partial charge >= 0.3 is 0 Å². The molecule has 23 heavy (non-hydrogen) atoms. The minimum atomic E-state index is 0. The van der Waals surface area contributed by atoms with Gasteiger partial charge in [0.2, 0.25) is 0 Å². The molecule has 0 fully saturated rings. The number of unbranched alkanes of at least 4 members (excludes halogenated alkanes) is 1. The molecule has 0 aliphatic heterocycles. The average Bonchev–Trinajstić information content (AvgIpc) is 2.53. The van der Waals surface area contributed by atoms with Crippen molar-refractivity contribution in [2.75, 3.05) is 33.0 Å². The molecule has 0 radical (unpaired) electrons.